The van der Waals surface area contributed by atoms with Gasteiger partial charge in [-0.05, 0) is 37.1 Å². The third kappa shape index (κ3) is 9.77. The van der Waals surface area contributed by atoms with Crippen LogP contribution in [0.4, 0.5) is 0 Å². The van der Waals surface area contributed by atoms with Crippen LogP contribution in [0, 0.1) is 0 Å². The molecule has 0 unspecified atom stereocenters. The van der Waals surface area contributed by atoms with E-state index in [4.69, 9.17) is 25.7 Å². The van der Waals surface area contributed by atoms with E-state index in [2.05, 4.69) is 0 Å². The van der Waals surface area contributed by atoms with Crippen molar-refractivity contribution >= 4 is 17.7 Å². The molecule has 0 aliphatic carbocycles. The van der Waals surface area contributed by atoms with E-state index < -0.39 is 35.3 Å². The number of nitrogens with two attached hydrogens (primary N) is 2. The number of nitrogens with zero attached hydrogens (tertiary/aromatic N) is 2. The summed E-state index contributed by atoms with van der Waals surface area (Å²) >= 11 is 0. The number of methoxy groups -OCH3 is 1. The van der Waals surface area contributed by atoms with Gasteiger partial charge in [-0.15, -0.1) is 0 Å². The third-order valence-corrected chi connectivity index (χ3v) is 5.96. The number of rotatable bonds is 15. The minimum atomic E-state index is -1.01. The lowest BCUT2D eigenvalue weighted by molar-refractivity contribution is -0.151. The van der Waals surface area contributed by atoms with Crippen LogP contribution >= 0.6 is 0 Å². The van der Waals surface area contributed by atoms with Crippen LogP contribution in [0.5, 0.6) is 5.75 Å². The van der Waals surface area contributed by atoms with Gasteiger partial charge in [0.05, 0.1) is 26.9 Å². The molecule has 4 N–H and O–H groups in total. The summed E-state index contributed by atoms with van der Waals surface area (Å²) in [6, 6.07) is 14.7. The van der Waals surface area contributed by atoms with Crippen molar-refractivity contribution in [3.63, 3.8) is 0 Å². The van der Waals surface area contributed by atoms with Crippen molar-refractivity contribution in [3.05, 3.63) is 65.7 Å². The second-order valence-corrected chi connectivity index (χ2v) is 9.92. The summed E-state index contributed by atoms with van der Waals surface area (Å²) in [6.45, 7) is 3.64. The maximum absolute atomic E-state index is 13.7. The average molecular weight is 529 g/mol. The minimum Gasteiger partial charge on any atom is -0.497 e. The lowest BCUT2D eigenvalue weighted by atomic mass is 10.0. The molecule has 0 saturated carbocycles. The Morgan fingerprint density at radius 3 is 2.08 bits per heavy atom. The van der Waals surface area contributed by atoms with Gasteiger partial charge in [0.2, 0.25) is 17.7 Å². The largest absolute Gasteiger partial charge is 0.497 e. The van der Waals surface area contributed by atoms with Gasteiger partial charge in [-0.2, -0.15) is 0 Å². The quantitative estimate of drug-likeness (QED) is 0.356. The molecule has 0 heterocycles. The molecule has 208 valence electrons. The number of primary amides is 1. The van der Waals surface area contributed by atoms with Gasteiger partial charge < -0.3 is 35.5 Å². The maximum Gasteiger partial charge on any atom is 0.249 e. The summed E-state index contributed by atoms with van der Waals surface area (Å²) in [7, 11) is 4.56. The Kier molecular flexibility index (Phi) is 11.7. The van der Waals surface area contributed by atoms with Gasteiger partial charge in [0.1, 0.15) is 24.4 Å². The highest BCUT2D eigenvalue weighted by molar-refractivity contribution is 5.92. The van der Waals surface area contributed by atoms with Crippen LogP contribution in [-0.2, 0) is 36.9 Å². The molecule has 2 rings (SSSR count). The first-order valence-electron chi connectivity index (χ1n) is 12.4. The summed E-state index contributed by atoms with van der Waals surface area (Å²) < 4.78 is 16.5. The average Bonchev–Trinajstić information content (AvgIpc) is 2.88. The second-order valence-electron chi connectivity index (χ2n) is 9.92. The van der Waals surface area contributed by atoms with E-state index in [9.17, 15) is 14.4 Å². The number of hydrogen-bond donors (Lipinski definition) is 2. The molecule has 2 aromatic rings. The number of ether oxygens (including phenoxy) is 3. The van der Waals surface area contributed by atoms with Gasteiger partial charge in [0, 0.05) is 26.1 Å². The van der Waals surface area contributed by atoms with Crippen molar-refractivity contribution in [2.24, 2.45) is 11.5 Å². The van der Waals surface area contributed by atoms with Gasteiger partial charge in [0.25, 0.3) is 0 Å². The number of amides is 3. The highest BCUT2D eigenvalue weighted by Crippen LogP contribution is 2.16. The predicted molar refractivity (Wildman–Crippen MR) is 144 cm³/mol. The molecule has 2 aromatic carbocycles. The third-order valence-electron chi connectivity index (χ3n) is 5.96. The fourth-order valence-electron chi connectivity index (χ4n) is 3.69. The molecule has 0 saturated heterocycles. The predicted octanol–water partition coefficient (Wildman–Crippen LogP) is 1.35. The van der Waals surface area contributed by atoms with Crippen LogP contribution in [0.25, 0.3) is 0 Å². The molecule has 0 aliphatic heterocycles. The number of carbonyl (C=O) groups is 3. The van der Waals surface area contributed by atoms with E-state index in [-0.39, 0.29) is 32.8 Å². The van der Waals surface area contributed by atoms with Gasteiger partial charge in [-0.25, -0.2) is 0 Å². The van der Waals surface area contributed by atoms with E-state index in [0.29, 0.717) is 5.75 Å². The normalized spacial score (nSPS) is 12.9. The molecule has 0 spiro atoms. The zero-order valence-corrected chi connectivity index (χ0v) is 22.9. The number of hydrogen-bond acceptors (Lipinski definition) is 7. The summed E-state index contributed by atoms with van der Waals surface area (Å²) in [4.78, 5) is 41.5. The van der Waals surface area contributed by atoms with Crippen molar-refractivity contribution in [2.45, 2.75) is 44.5 Å². The highest BCUT2D eigenvalue weighted by Gasteiger charge is 2.34. The van der Waals surface area contributed by atoms with Crippen molar-refractivity contribution in [2.75, 3.05) is 41.0 Å². The van der Waals surface area contributed by atoms with E-state index in [0.717, 1.165) is 11.1 Å². The SMILES string of the molecule is COc1ccc(C[C@H](C(N)=O)N(C)C(=O)[C@@H](COCc2ccccc2)N(C)C(=O)COCC(C)(C)N)cc1. The summed E-state index contributed by atoms with van der Waals surface area (Å²) in [6.07, 6.45) is 0.200. The molecule has 0 radical (unpaired) electrons. The summed E-state index contributed by atoms with van der Waals surface area (Å²) in [5, 5.41) is 0. The fraction of sp³-hybridized carbons (Fsp3) is 0.464. The van der Waals surface area contributed by atoms with E-state index in [1.165, 1.54) is 23.9 Å². The minimum absolute atomic E-state index is 0.0866. The topological polar surface area (TPSA) is 137 Å². The smallest absolute Gasteiger partial charge is 0.249 e. The standard InChI is InChI=1S/C28H40N4O6/c1-28(2,30)19-38-18-25(33)31(3)24(17-37-16-21-9-7-6-8-10-21)27(35)32(4)23(26(29)34)15-20-11-13-22(36-5)14-12-20/h6-14,23-24H,15-19,30H2,1-5H3,(H2,29,34)/t23-,24-/m1/s1. The lowest BCUT2D eigenvalue weighted by Gasteiger charge is -2.34. The molecule has 0 fully saturated rings. The van der Waals surface area contributed by atoms with Crippen LogP contribution in [0.1, 0.15) is 25.0 Å². The van der Waals surface area contributed by atoms with Crippen LogP contribution in [-0.4, -0.2) is 86.2 Å². The van der Waals surface area contributed by atoms with Gasteiger partial charge in [-0.1, -0.05) is 42.5 Å². The summed E-state index contributed by atoms with van der Waals surface area (Å²) in [5.74, 6) is -0.895. The Labute approximate surface area is 224 Å². The first-order valence-corrected chi connectivity index (χ1v) is 12.4. The highest BCUT2D eigenvalue weighted by atomic mass is 16.5. The maximum atomic E-state index is 13.7. The van der Waals surface area contributed by atoms with E-state index >= 15 is 0 Å². The van der Waals surface area contributed by atoms with Gasteiger partial charge in [0.15, 0.2) is 0 Å². The zero-order valence-electron chi connectivity index (χ0n) is 22.9. The Balaban J connectivity index is 2.19. The van der Waals surface area contributed by atoms with Crippen molar-refractivity contribution in [3.8, 4) is 5.75 Å². The Bertz CT molecular complexity index is 1040. The van der Waals surface area contributed by atoms with Crippen molar-refractivity contribution in [1.29, 1.82) is 0 Å². The zero-order chi connectivity index (χ0) is 28.3. The van der Waals surface area contributed by atoms with Crippen molar-refractivity contribution in [1.82, 2.24) is 9.80 Å². The monoisotopic (exact) mass is 528 g/mol. The molecule has 10 nitrogen and oxygen atoms in total. The number of likely N-dealkylation sites (N-methyl/N-ethyl adjacent to an activating group) is 2. The summed E-state index contributed by atoms with van der Waals surface area (Å²) in [5.41, 5.74) is 12.7. The van der Waals surface area contributed by atoms with E-state index in [1.54, 1.807) is 45.2 Å². The van der Waals surface area contributed by atoms with Crippen LogP contribution < -0.4 is 16.2 Å². The Morgan fingerprint density at radius 2 is 1.53 bits per heavy atom. The number of benzene rings is 2. The Morgan fingerprint density at radius 1 is 0.895 bits per heavy atom. The van der Waals surface area contributed by atoms with Crippen LogP contribution in [0.3, 0.4) is 0 Å². The molecule has 3 amide bonds. The number of carbonyl (C=O) groups excluding carboxylic acids is 3. The molecular formula is C28H40N4O6. The van der Waals surface area contributed by atoms with Gasteiger partial charge >= 0.3 is 0 Å². The fourth-order valence-corrected chi connectivity index (χ4v) is 3.69. The Hall–Kier alpha value is -3.47. The van der Waals surface area contributed by atoms with Crippen molar-refractivity contribution < 1.29 is 28.6 Å². The molecular weight excluding hydrogens is 488 g/mol. The molecule has 38 heavy (non-hydrogen) atoms. The first kappa shape index (κ1) is 30.8. The molecule has 0 aromatic heterocycles. The van der Waals surface area contributed by atoms with Crippen LogP contribution in [0.2, 0.25) is 0 Å². The first-order chi connectivity index (χ1) is 17.9. The molecule has 2 atom stereocenters. The van der Waals surface area contributed by atoms with E-state index in [1.807, 2.05) is 30.3 Å². The molecule has 0 aliphatic rings. The van der Waals surface area contributed by atoms with Crippen LogP contribution in [0.15, 0.2) is 54.6 Å². The molecule has 10 heteroatoms. The second kappa shape index (κ2) is 14.5. The lowest BCUT2D eigenvalue weighted by Crippen LogP contribution is -2.56. The van der Waals surface area contributed by atoms with Gasteiger partial charge in [-0.3, -0.25) is 14.4 Å². The molecule has 0 bridgehead atoms.